The number of phenols is 12. The molecule has 3 aliphatic rings. The maximum absolute atomic E-state index is 12.5. The minimum atomic E-state index is -1.91. The van der Waals surface area contributed by atoms with Crippen molar-refractivity contribution in [1.82, 2.24) is 0 Å². The van der Waals surface area contributed by atoms with Crippen LogP contribution < -0.4 is 14.2 Å². The molecule has 0 radical (unpaired) electrons. The quantitative estimate of drug-likeness (QED) is 0.106. The van der Waals surface area contributed by atoms with Gasteiger partial charge in [0, 0.05) is 58.5 Å². The van der Waals surface area contributed by atoms with Crippen LogP contribution in [-0.2, 0) is 6.42 Å². The summed E-state index contributed by atoms with van der Waals surface area (Å²) < 4.78 is 18.2. The number of benzene rings is 6. The smallest absolute Gasteiger partial charge is 0.157 e. The highest BCUT2D eigenvalue weighted by molar-refractivity contribution is 5.70. The Balaban J connectivity index is 1.24. The second-order valence-electron chi connectivity index (χ2n) is 15.6. The molecular formula is C45H38O18. The van der Waals surface area contributed by atoms with Gasteiger partial charge in [0.15, 0.2) is 46.7 Å². The average molecular weight is 867 g/mol. The predicted octanol–water partition coefficient (Wildman–Crippen LogP) is 4.44. The van der Waals surface area contributed by atoms with Gasteiger partial charge in [-0.1, -0.05) is 18.2 Å². The van der Waals surface area contributed by atoms with E-state index in [-0.39, 0.29) is 57.1 Å². The van der Waals surface area contributed by atoms with Gasteiger partial charge in [0.25, 0.3) is 0 Å². The molecule has 18 nitrogen and oxygen atoms in total. The van der Waals surface area contributed by atoms with Crippen LogP contribution in [0.25, 0.3) is 0 Å². The molecule has 0 amide bonds. The predicted molar refractivity (Wildman–Crippen MR) is 214 cm³/mol. The lowest BCUT2D eigenvalue weighted by Gasteiger charge is -2.41. The molecule has 326 valence electrons. The van der Waals surface area contributed by atoms with Crippen molar-refractivity contribution < 1.29 is 90.8 Å². The van der Waals surface area contributed by atoms with Gasteiger partial charge in [0.1, 0.15) is 70.1 Å². The second-order valence-corrected chi connectivity index (χ2v) is 15.6. The number of phenolic OH excluding ortho intramolecular Hbond substituents is 12. The first-order valence-electron chi connectivity index (χ1n) is 19.3. The SMILES string of the molecule is Oc1cc(O)c2c(c1)OC(c1ccc(O)c(O)c1)C(O)C2c1c(O)cc2c(c1O)C(c1c(O)cc3c(c1O)CC(O)C(c1ccc(O)c(O)c1)O3)C(O)C(c1ccc(O)c(O)c1)O2. The molecule has 0 aliphatic carbocycles. The Morgan fingerprint density at radius 1 is 0.365 bits per heavy atom. The Morgan fingerprint density at radius 3 is 1.29 bits per heavy atom. The Hall–Kier alpha value is -7.80. The van der Waals surface area contributed by atoms with E-state index in [1.165, 1.54) is 30.3 Å². The normalized spacial score (nSPS) is 23.6. The number of hydrogen-bond acceptors (Lipinski definition) is 18. The summed E-state index contributed by atoms with van der Waals surface area (Å²) in [7, 11) is 0. The van der Waals surface area contributed by atoms with Gasteiger partial charge >= 0.3 is 0 Å². The van der Waals surface area contributed by atoms with E-state index in [4.69, 9.17) is 14.2 Å². The summed E-state index contributed by atoms with van der Waals surface area (Å²) in [6.45, 7) is 0. The summed E-state index contributed by atoms with van der Waals surface area (Å²) in [5, 5.41) is 166. The largest absolute Gasteiger partial charge is 0.508 e. The highest BCUT2D eigenvalue weighted by Crippen LogP contribution is 2.61. The van der Waals surface area contributed by atoms with Gasteiger partial charge in [-0.05, 0) is 53.1 Å². The fraction of sp³-hybridized carbons (Fsp3) is 0.200. The average Bonchev–Trinajstić information content (AvgIpc) is 3.22. The van der Waals surface area contributed by atoms with Gasteiger partial charge in [-0.2, -0.15) is 0 Å². The van der Waals surface area contributed by atoms with Crippen LogP contribution in [0.1, 0.15) is 74.7 Å². The van der Waals surface area contributed by atoms with Crippen molar-refractivity contribution in [2.45, 2.75) is 54.9 Å². The summed E-state index contributed by atoms with van der Waals surface area (Å²) in [5.74, 6) is -11.5. The van der Waals surface area contributed by atoms with E-state index < -0.39 is 129 Å². The molecule has 3 aliphatic heterocycles. The van der Waals surface area contributed by atoms with Crippen molar-refractivity contribution in [3.05, 3.63) is 123 Å². The number of hydrogen-bond donors (Lipinski definition) is 15. The highest BCUT2D eigenvalue weighted by atomic mass is 16.5. The zero-order valence-electron chi connectivity index (χ0n) is 32.3. The molecule has 15 N–H and O–H groups in total. The first kappa shape index (κ1) is 40.6. The molecule has 6 aromatic rings. The molecule has 9 rings (SSSR count). The number of fused-ring (bicyclic) bond motifs is 3. The lowest BCUT2D eigenvalue weighted by molar-refractivity contribution is 0.00282. The Labute approximate surface area is 354 Å². The molecular weight excluding hydrogens is 828 g/mol. The van der Waals surface area contributed by atoms with Gasteiger partial charge < -0.3 is 90.8 Å². The lowest BCUT2D eigenvalue weighted by Crippen LogP contribution is -2.37. The number of rotatable bonds is 5. The zero-order valence-corrected chi connectivity index (χ0v) is 32.3. The van der Waals surface area contributed by atoms with Crippen LogP contribution in [0, 0.1) is 0 Å². The van der Waals surface area contributed by atoms with Gasteiger partial charge in [-0.25, -0.2) is 0 Å². The molecule has 0 bridgehead atoms. The molecule has 63 heavy (non-hydrogen) atoms. The third-order valence-corrected chi connectivity index (χ3v) is 11.9. The minimum Gasteiger partial charge on any atom is -0.508 e. The van der Waals surface area contributed by atoms with E-state index >= 15 is 0 Å². The number of aliphatic hydroxyl groups excluding tert-OH is 3. The first-order chi connectivity index (χ1) is 29.9. The van der Waals surface area contributed by atoms with E-state index in [0.717, 1.165) is 48.5 Å². The molecule has 8 unspecified atom stereocenters. The molecule has 0 aromatic heterocycles. The van der Waals surface area contributed by atoms with Crippen molar-refractivity contribution in [3.63, 3.8) is 0 Å². The second kappa shape index (κ2) is 14.7. The summed E-state index contributed by atoms with van der Waals surface area (Å²) in [4.78, 5) is 0. The van der Waals surface area contributed by atoms with Crippen molar-refractivity contribution >= 4 is 0 Å². The Kier molecular flexibility index (Phi) is 9.46. The number of aliphatic hydroxyl groups is 3. The van der Waals surface area contributed by atoms with Crippen LogP contribution in [0.15, 0.2) is 78.9 Å². The molecule has 0 saturated carbocycles. The van der Waals surface area contributed by atoms with E-state index in [1.54, 1.807) is 0 Å². The molecule has 0 spiro atoms. The minimum absolute atomic E-state index is 0.0469. The maximum Gasteiger partial charge on any atom is 0.157 e. The standard InChI is InChI=1S/C45H38O18/c46-18-10-26(53)33-31(11-18)62-44(16-2-5-21(48)24(51)8-16)41(59)37(33)35-28(55)14-32-36(40(35)58)38(42(60)45(63-32)17-3-6-22(49)25(52)9-17)34-27(54)13-30-19(39(34)57)12-29(56)43(61-30)15-1-4-20(47)23(50)7-15/h1-11,13-14,29,37-38,41-60H,12H2. The van der Waals surface area contributed by atoms with E-state index in [1.807, 2.05) is 0 Å². The van der Waals surface area contributed by atoms with Gasteiger partial charge in [0.05, 0.1) is 17.9 Å². The molecule has 3 heterocycles. The van der Waals surface area contributed by atoms with E-state index in [9.17, 15) is 76.6 Å². The Morgan fingerprint density at radius 2 is 0.778 bits per heavy atom. The number of ether oxygens (including phenoxy) is 3. The number of aromatic hydroxyl groups is 12. The third-order valence-electron chi connectivity index (χ3n) is 11.9. The van der Waals surface area contributed by atoms with E-state index in [2.05, 4.69) is 0 Å². The summed E-state index contributed by atoms with van der Waals surface area (Å²) in [5.41, 5.74) is -1.28. The summed E-state index contributed by atoms with van der Waals surface area (Å²) >= 11 is 0. The third kappa shape index (κ3) is 6.46. The van der Waals surface area contributed by atoms with Gasteiger partial charge in [0.2, 0.25) is 0 Å². The molecule has 18 heteroatoms. The van der Waals surface area contributed by atoms with Crippen LogP contribution >= 0.6 is 0 Å². The monoisotopic (exact) mass is 866 g/mol. The molecule has 6 aromatic carbocycles. The van der Waals surface area contributed by atoms with Crippen LogP contribution in [-0.4, -0.2) is 94.9 Å². The highest BCUT2D eigenvalue weighted by Gasteiger charge is 2.49. The summed E-state index contributed by atoms with van der Waals surface area (Å²) in [6, 6.07) is 14.8. The van der Waals surface area contributed by atoms with Gasteiger partial charge in [-0.3, -0.25) is 0 Å². The fourth-order valence-electron chi connectivity index (χ4n) is 8.91. The van der Waals surface area contributed by atoms with Gasteiger partial charge in [-0.15, -0.1) is 0 Å². The zero-order chi connectivity index (χ0) is 44.9. The van der Waals surface area contributed by atoms with Crippen molar-refractivity contribution in [2.24, 2.45) is 0 Å². The molecule has 0 fully saturated rings. The lowest BCUT2D eigenvalue weighted by atomic mass is 9.74. The molecule has 8 atom stereocenters. The van der Waals surface area contributed by atoms with Crippen LogP contribution in [0.4, 0.5) is 0 Å². The van der Waals surface area contributed by atoms with Crippen molar-refractivity contribution in [1.29, 1.82) is 0 Å². The summed E-state index contributed by atoms with van der Waals surface area (Å²) in [6.07, 6.45) is -9.64. The fourth-order valence-corrected chi connectivity index (χ4v) is 8.91. The Bertz CT molecular complexity index is 2840. The first-order valence-corrected chi connectivity index (χ1v) is 19.3. The van der Waals surface area contributed by atoms with Crippen molar-refractivity contribution in [3.8, 4) is 86.2 Å². The van der Waals surface area contributed by atoms with Crippen LogP contribution in [0.5, 0.6) is 86.2 Å². The van der Waals surface area contributed by atoms with Crippen LogP contribution in [0.3, 0.4) is 0 Å². The maximum atomic E-state index is 12.5. The molecule has 0 saturated heterocycles. The van der Waals surface area contributed by atoms with E-state index in [0.29, 0.717) is 0 Å². The van der Waals surface area contributed by atoms with Crippen molar-refractivity contribution in [2.75, 3.05) is 0 Å². The van der Waals surface area contributed by atoms with Crippen LogP contribution in [0.2, 0.25) is 0 Å². The topological polar surface area (TPSA) is 331 Å².